The van der Waals surface area contributed by atoms with E-state index in [1.165, 1.54) is 0 Å². The molecule has 8 heteroatoms. The summed E-state index contributed by atoms with van der Waals surface area (Å²) in [6.07, 6.45) is 1.76. The molecule has 0 radical (unpaired) electrons. The summed E-state index contributed by atoms with van der Waals surface area (Å²) < 4.78 is 24.3. The smallest absolute Gasteiger partial charge is 0.176 e. The van der Waals surface area contributed by atoms with Gasteiger partial charge < -0.3 is 9.64 Å². The van der Waals surface area contributed by atoms with Crippen LogP contribution in [0.5, 0.6) is 5.75 Å². The average molecular weight is 467 g/mol. The molecule has 0 spiro atoms. The fourth-order valence-corrected chi connectivity index (χ4v) is 4.66. The number of nitrogens with zero attached hydrogens (tertiary/aromatic N) is 4. The maximum Gasteiger partial charge on any atom is 0.176 e. The largest absolute Gasteiger partial charge is 0.497 e. The number of aliphatic imine (C=N–C) groups is 1. The quantitative estimate of drug-likeness (QED) is 0.407. The number of aromatic nitrogens is 1. The van der Waals surface area contributed by atoms with Crippen LogP contribution in [0.25, 0.3) is 0 Å². The molecule has 0 aliphatic heterocycles. The number of rotatable bonds is 7. The third-order valence-corrected chi connectivity index (χ3v) is 7.49. The van der Waals surface area contributed by atoms with Gasteiger partial charge in [-0.2, -0.15) is 4.36 Å². The fourth-order valence-electron chi connectivity index (χ4n) is 2.34. The topological polar surface area (TPSA) is 67.2 Å². The molecule has 6 nitrogen and oxygen atoms in total. The van der Waals surface area contributed by atoms with Crippen molar-refractivity contribution in [3.63, 3.8) is 0 Å². The first-order valence-corrected chi connectivity index (χ1v) is 11.4. The van der Waals surface area contributed by atoms with Crippen molar-refractivity contribution in [1.82, 2.24) is 9.88 Å². The number of ether oxygens (including phenoxy) is 1. The van der Waals surface area contributed by atoms with Crippen molar-refractivity contribution in [3.05, 3.63) is 40.5 Å². The lowest BCUT2D eigenvalue weighted by molar-refractivity contribution is 0.413. The minimum absolute atomic E-state index is 0.204. The highest BCUT2D eigenvalue weighted by Gasteiger charge is 2.20. The molecule has 0 aliphatic carbocycles. The van der Waals surface area contributed by atoms with Crippen LogP contribution in [-0.2, 0) is 9.73 Å². The maximum absolute atomic E-state index is 13.8. The highest BCUT2D eigenvalue weighted by atomic mass is 79.9. The molecule has 0 aliphatic rings. The zero-order valence-corrected chi connectivity index (χ0v) is 19.5. The Bertz CT molecular complexity index is 982. The first-order chi connectivity index (χ1) is 13.2. The van der Waals surface area contributed by atoms with Crippen molar-refractivity contribution in [3.8, 4) is 5.75 Å². The molecule has 152 valence electrons. The van der Waals surface area contributed by atoms with E-state index in [1.54, 1.807) is 19.5 Å². The molecule has 0 N–H and O–H groups in total. The van der Waals surface area contributed by atoms with Crippen molar-refractivity contribution >= 4 is 43.5 Å². The van der Waals surface area contributed by atoms with Crippen molar-refractivity contribution in [2.75, 3.05) is 20.7 Å². The summed E-state index contributed by atoms with van der Waals surface area (Å²) in [5.41, 5.74) is 1.46. The van der Waals surface area contributed by atoms with E-state index in [9.17, 15) is 4.21 Å². The van der Waals surface area contributed by atoms with Crippen molar-refractivity contribution < 1.29 is 8.95 Å². The van der Waals surface area contributed by atoms with Crippen LogP contribution >= 0.6 is 15.9 Å². The molecule has 1 atom stereocenters. The Morgan fingerprint density at radius 2 is 2.07 bits per heavy atom. The summed E-state index contributed by atoms with van der Waals surface area (Å²) in [6.45, 7) is 8.57. The Balaban J connectivity index is 2.57. The number of hydrogen-bond acceptors (Lipinski definition) is 5. The third-order valence-electron chi connectivity index (χ3n) is 4.25. The van der Waals surface area contributed by atoms with Gasteiger partial charge in [-0.1, -0.05) is 6.07 Å². The molecule has 0 saturated carbocycles. The number of hydrogen-bond donors (Lipinski definition) is 0. The van der Waals surface area contributed by atoms with Gasteiger partial charge in [0.1, 0.15) is 5.75 Å². The molecular weight excluding hydrogens is 440 g/mol. The van der Waals surface area contributed by atoms with Gasteiger partial charge in [-0.05, 0) is 67.9 Å². The fraction of sp³-hybridized carbons (Fsp3) is 0.400. The molecule has 0 fully saturated rings. The van der Waals surface area contributed by atoms with E-state index in [4.69, 9.17) is 4.74 Å². The first-order valence-electron chi connectivity index (χ1n) is 9.03. The zero-order chi connectivity index (χ0) is 20.9. The molecule has 1 aromatic carbocycles. The van der Waals surface area contributed by atoms with E-state index in [0.29, 0.717) is 20.9 Å². The van der Waals surface area contributed by atoms with Crippen LogP contribution in [0.2, 0.25) is 0 Å². The van der Waals surface area contributed by atoms with E-state index >= 15 is 0 Å². The zero-order valence-electron chi connectivity index (χ0n) is 17.1. The van der Waals surface area contributed by atoms with Crippen LogP contribution in [0.15, 0.2) is 49.1 Å². The van der Waals surface area contributed by atoms with Gasteiger partial charge in [0.2, 0.25) is 0 Å². The van der Waals surface area contributed by atoms with Gasteiger partial charge in [-0.3, -0.25) is 0 Å². The highest BCUT2D eigenvalue weighted by Crippen LogP contribution is 2.33. The predicted molar refractivity (Wildman–Crippen MR) is 120 cm³/mol. The molecule has 2 rings (SSSR count). The lowest BCUT2D eigenvalue weighted by Crippen LogP contribution is -2.14. The molecule has 28 heavy (non-hydrogen) atoms. The second-order valence-electron chi connectivity index (χ2n) is 6.60. The molecule has 0 saturated heterocycles. The summed E-state index contributed by atoms with van der Waals surface area (Å²) in [5.74, 6) is 1.05. The Morgan fingerprint density at radius 1 is 1.36 bits per heavy atom. The second-order valence-corrected chi connectivity index (χ2v) is 10.2. The van der Waals surface area contributed by atoms with Crippen molar-refractivity contribution in [2.45, 2.75) is 37.8 Å². The number of halogens is 1. The van der Waals surface area contributed by atoms with Crippen LogP contribution in [0.1, 0.15) is 26.5 Å². The lowest BCUT2D eigenvalue weighted by atomic mass is 10.3. The molecule has 1 heterocycles. The van der Waals surface area contributed by atoms with Gasteiger partial charge in [-0.25, -0.2) is 14.2 Å². The Labute approximate surface area is 176 Å². The second kappa shape index (κ2) is 9.52. The monoisotopic (exact) mass is 466 g/mol. The highest BCUT2D eigenvalue weighted by molar-refractivity contribution is 9.10. The normalized spacial score (nSPS) is 13.6. The Morgan fingerprint density at radius 3 is 2.68 bits per heavy atom. The van der Waals surface area contributed by atoms with Crippen LogP contribution < -0.4 is 4.74 Å². The minimum Gasteiger partial charge on any atom is -0.497 e. The average Bonchev–Trinajstić information content (AvgIpc) is 2.68. The molecular formula is C20H27BrN4O2S. The van der Waals surface area contributed by atoms with E-state index in [1.807, 2.05) is 57.0 Å². The van der Waals surface area contributed by atoms with E-state index in [0.717, 1.165) is 17.9 Å². The van der Waals surface area contributed by atoms with Gasteiger partial charge in [-0.15, -0.1) is 0 Å². The summed E-state index contributed by atoms with van der Waals surface area (Å²) in [4.78, 5) is 11.6. The standard InChI is InChI=1S/C20H27BrN4O2S/c1-7-25(5)13-22-19-12-18(21)20(23-15(19)4)24-28(26,14(2)3)17-10-8-9-16(11-17)27-6/h8-14H,7H2,1-6H3. The van der Waals surface area contributed by atoms with Gasteiger partial charge in [0.25, 0.3) is 0 Å². The first kappa shape index (κ1) is 22.4. The molecule has 1 unspecified atom stereocenters. The summed E-state index contributed by atoms with van der Waals surface area (Å²) >= 11 is 3.51. The predicted octanol–water partition coefficient (Wildman–Crippen LogP) is 5.34. The number of aryl methyl sites for hydroxylation is 1. The van der Waals surface area contributed by atoms with Crippen molar-refractivity contribution in [2.24, 2.45) is 9.36 Å². The van der Waals surface area contributed by atoms with Crippen LogP contribution in [0, 0.1) is 6.92 Å². The summed E-state index contributed by atoms with van der Waals surface area (Å²) in [6, 6.07) is 9.08. The molecule has 0 amide bonds. The maximum atomic E-state index is 13.8. The molecule has 0 bridgehead atoms. The summed E-state index contributed by atoms with van der Waals surface area (Å²) in [7, 11) is 0.797. The van der Waals surface area contributed by atoms with Gasteiger partial charge in [0, 0.05) is 18.8 Å². The number of pyridine rings is 1. The Kier molecular flexibility index (Phi) is 7.60. The number of methoxy groups -OCH3 is 1. The number of benzene rings is 1. The molecule has 2 aromatic rings. The van der Waals surface area contributed by atoms with E-state index < -0.39 is 9.73 Å². The van der Waals surface area contributed by atoms with Crippen LogP contribution in [0.4, 0.5) is 11.5 Å². The lowest BCUT2D eigenvalue weighted by Gasteiger charge is -2.16. The molecule has 1 aromatic heterocycles. The summed E-state index contributed by atoms with van der Waals surface area (Å²) in [5, 5.41) is -0.204. The third kappa shape index (κ3) is 5.11. The van der Waals surface area contributed by atoms with Crippen molar-refractivity contribution in [1.29, 1.82) is 0 Å². The van der Waals surface area contributed by atoms with Crippen LogP contribution in [0.3, 0.4) is 0 Å². The minimum atomic E-state index is -2.75. The Hall–Kier alpha value is -1.93. The van der Waals surface area contributed by atoms with Crippen LogP contribution in [-0.4, -0.2) is 46.4 Å². The van der Waals surface area contributed by atoms with E-state index in [2.05, 4.69) is 37.2 Å². The SMILES string of the molecule is CCN(C)C=Nc1cc(Br)c(N=S(=O)(c2cccc(OC)c2)C(C)C)nc1C. The van der Waals surface area contributed by atoms with Gasteiger partial charge >= 0.3 is 0 Å². The van der Waals surface area contributed by atoms with Gasteiger partial charge in [0.15, 0.2) is 5.82 Å². The van der Waals surface area contributed by atoms with E-state index in [-0.39, 0.29) is 5.25 Å². The van der Waals surface area contributed by atoms with Gasteiger partial charge in [0.05, 0.1) is 43.9 Å².